The van der Waals surface area contributed by atoms with E-state index in [1.54, 1.807) is 24.3 Å². The van der Waals surface area contributed by atoms with E-state index in [0.717, 1.165) is 22.1 Å². The molecule has 0 radical (unpaired) electrons. The average molecular weight is 397 g/mol. The number of rotatable bonds is 5. The van der Waals surface area contributed by atoms with Crippen LogP contribution < -0.4 is 5.56 Å². The lowest BCUT2D eigenvalue weighted by atomic mass is 10.0. The maximum absolute atomic E-state index is 13.0. The van der Waals surface area contributed by atoms with Gasteiger partial charge in [-0.15, -0.1) is 0 Å². The molecule has 0 aliphatic rings. The Morgan fingerprint density at radius 3 is 2.07 bits per heavy atom. The largest absolute Gasteiger partial charge is 0.477 e. The van der Waals surface area contributed by atoms with E-state index < -0.39 is 23.0 Å². The Labute approximate surface area is 172 Å². The smallest absolute Gasteiger partial charge is 0.341 e. The number of carbonyl (C=O) groups excluding carboxylic acids is 1. The Hall–Kier alpha value is -3.99. The second kappa shape index (κ2) is 8.17. The van der Waals surface area contributed by atoms with E-state index in [4.69, 9.17) is 0 Å². The molecule has 0 unspecified atom stereocenters. The summed E-state index contributed by atoms with van der Waals surface area (Å²) >= 11 is 0. The van der Waals surface area contributed by atoms with E-state index >= 15 is 0 Å². The summed E-state index contributed by atoms with van der Waals surface area (Å²) in [7, 11) is 0. The molecule has 0 aliphatic heterocycles. The first kappa shape index (κ1) is 19.3. The molecule has 1 N–H and O–H groups in total. The number of carboxylic acids is 1. The minimum atomic E-state index is -1.35. The number of pyridine rings is 1. The zero-order chi connectivity index (χ0) is 21.1. The predicted octanol–water partition coefficient (Wildman–Crippen LogP) is 4.17. The predicted molar refractivity (Wildman–Crippen MR) is 115 cm³/mol. The third-order valence-electron chi connectivity index (χ3n) is 5.02. The summed E-state index contributed by atoms with van der Waals surface area (Å²) in [4.78, 5) is 37.1. The Morgan fingerprint density at radius 2 is 1.37 bits per heavy atom. The van der Waals surface area contributed by atoms with E-state index in [9.17, 15) is 19.5 Å². The van der Waals surface area contributed by atoms with Gasteiger partial charge in [0.15, 0.2) is 0 Å². The first-order valence-electron chi connectivity index (χ1n) is 9.56. The Kier molecular flexibility index (Phi) is 5.26. The van der Waals surface area contributed by atoms with Crippen molar-refractivity contribution in [1.29, 1.82) is 0 Å². The van der Waals surface area contributed by atoms with Crippen LogP contribution in [-0.2, 0) is 12.8 Å². The number of hydrogen-bond donors (Lipinski definition) is 1. The number of fused-ring (bicyclic) bond motifs is 1. The maximum atomic E-state index is 13.0. The van der Waals surface area contributed by atoms with Crippen molar-refractivity contribution in [3.8, 4) is 0 Å². The molecule has 0 saturated heterocycles. The molecule has 5 heteroatoms. The Balaban J connectivity index is 1.63. The maximum Gasteiger partial charge on any atom is 0.341 e. The van der Waals surface area contributed by atoms with Crippen LogP contribution in [0.4, 0.5) is 0 Å². The molecule has 0 spiro atoms. The highest BCUT2D eigenvalue weighted by Crippen LogP contribution is 2.16. The molecule has 0 saturated carbocycles. The molecule has 0 bridgehead atoms. The second-order valence-corrected chi connectivity index (χ2v) is 7.11. The minimum Gasteiger partial charge on any atom is -0.477 e. The van der Waals surface area contributed by atoms with Crippen LogP contribution in [0.1, 0.15) is 31.8 Å². The lowest BCUT2D eigenvalue weighted by Gasteiger charge is -2.11. The van der Waals surface area contributed by atoms with E-state index in [-0.39, 0.29) is 6.42 Å². The van der Waals surface area contributed by atoms with Crippen LogP contribution in [0, 0.1) is 0 Å². The van der Waals surface area contributed by atoms with Gasteiger partial charge in [-0.3, -0.25) is 9.59 Å². The lowest BCUT2D eigenvalue weighted by Crippen LogP contribution is -2.32. The highest BCUT2D eigenvalue weighted by atomic mass is 16.4. The van der Waals surface area contributed by atoms with E-state index in [0.29, 0.717) is 10.9 Å². The van der Waals surface area contributed by atoms with Gasteiger partial charge < -0.3 is 5.11 Å². The third-order valence-corrected chi connectivity index (χ3v) is 5.02. The van der Waals surface area contributed by atoms with Crippen molar-refractivity contribution in [1.82, 2.24) is 4.57 Å². The molecule has 0 atom stereocenters. The number of nitrogens with zero attached hydrogens (tertiary/aromatic N) is 1. The van der Waals surface area contributed by atoms with Crippen LogP contribution in [0.5, 0.6) is 0 Å². The van der Waals surface area contributed by atoms with Gasteiger partial charge in [0.2, 0.25) is 5.91 Å². The molecule has 0 amide bonds. The van der Waals surface area contributed by atoms with Crippen molar-refractivity contribution >= 4 is 22.8 Å². The van der Waals surface area contributed by atoms with Crippen LogP contribution >= 0.6 is 0 Å². The molecule has 3 aromatic carbocycles. The molecular formula is C25H19NO4. The molecular weight excluding hydrogens is 378 g/mol. The van der Waals surface area contributed by atoms with Crippen LogP contribution in [-0.4, -0.2) is 21.6 Å². The average Bonchev–Trinajstić information content (AvgIpc) is 2.75. The molecule has 148 valence electrons. The van der Waals surface area contributed by atoms with Crippen molar-refractivity contribution < 1.29 is 14.7 Å². The Morgan fingerprint density at radius 1 is 0.767 bits per heavy atom. The molecule has 1 heterocycles. The quantitative estimate of drug-likeness (QED) is 0.548. The molecule has 5 nitrogen and oxygen atoms in total. The molecule has 4 aromatic rings. The van der Waals surface area contributed by atoms with Crippen molar-refractivity contribution in [2.45, 2.75) is 12.8 Å². The van der Waals surface area contributed by atoms with E-state index in [1.165, 1.54) is 11.6 Å². The fraction of sp³-hybridized carbons (Fsp3) is 0.0800. The van der Waals surface area contributed by atoms with Gasteiger partial charge in [0.1, 0.15) is 5.56 Å². The summed E-state index contributed by atoms with van der Waals surface area (Å²) < 4.78 is 0.969. The molecule has 0 fully saturated rings. The summed E-state index contributed by atoms with van der Waals surface area (Å²) in [6, 6.07) is 25.8. The zero-order valence-corrected chi connectivity index (χ0v) is 16.1. The van der Waals surface area contributed by atoms with Crippen molar-refractivity contribution in [2.24, 2.45) is 0 Å². The summed E-state index contributed by atoms with van der Waals surface area (Å²) in [5, 5.41) is 9.88. The fourth-order valence-electron chi connectivity index (χ4n) is 3.52. The monoisotopic (exact) mass is 397 g/mol. The zero-order valence-electron chi connectivity index (χ0n) is 16.1. The van der Waals surface area contributed by atoms with Crippen molar-refractivity contribution in [3.05, 3.63) is 118 Å². The number of para-hydroxylation sites is 1. The van der Waals surface area contributed by atoms with Crippen LogP contribution in [0.25, 0.3) is 10.9 Å². The molecule has 30 heavy (non-hydrogen) atoms. The van der Waals surface area contributed by atoms with Gasteiger partial charge in [-0.25, -0.2) is 9.36 Å². The normalized spacial score (nSPS) is 10.8. The fourth-order valence-corrected chi connectivity index (χ4v) is 3.52. The topological polar surface area (TPSA) is 76.4 Å². The van der Waals surface area contributed by atoms with E-state index in [2.05, 4.69) is 12.1 Å². The molecule has 4 rings (SSSR count). The number of benzene rings is 3. The van der Waals surface area contributed by atoms with Gasteiger partial charge in [-0.1, -0.05) is 72.8 Å². The van der Waals surface area contributed by atoms with Gasteiger partial charge >= 0.3 is 5.97 Å². The summed E-state index contributed by atoms with van der Waals surface area (Å²) in [6.45, 7) is 0. The molecule has 0 aliphatic carbocycles. The summed E-state index contributed by atoms with van der Waals surface area (Å²) in [5.41, 5.74) is 2.25. The number of carboxylic acid groups (broad SMARTS) is 1. The van der Waals surface area contributed by atoms with Crippen LogP contribution in [0.15, 0.2) is 89.7 Å². The van der Waals surface area contributed by atoms with Crippen molar-refractivity contribution in [3.63, 3.8) is 0 Å². The highest BCUT2D eigenvalue weighted by Gasteiger charge is 2.19. The van der Waals surface area contributed by atoms with Gasteiger partial charge in [0.05, 0.1) is 11.9 Å². The van der Waals surface area contributed by atoms with Gasteiger partial charge in [-0.05, 0) is 40.6 Å². The van der Waals surface area contributed by atoms with E-state index in [1.807, 2.05) is 42.5 Å². The summed E-state index contributed by atoms with van der Waals surface area (Å²) in [5.74, 6) is -1.81. The first-order valence-corrected chi connectivity index (χ1v) is 9.56. The van der Waals surface area contributed by atoms with Gasteiger partial charge in [-0.2, -0.15) is 0 Å². The van der Waals surface area contributed by atoms with Gasteiger partial charge in [0, 0.05) is 0 Å². The highest BCUT2D eigenvalue weighted by molar-refractivity contribution is 5.97. The summed E-state index contributed by atoms with van der Waals surface area (Å²) in [6.07, 6.45) is 0.790. The van der Waals surface area contributed by atoms with Crippen molar-refractivity contribution in [2.75, 3.05) is 0 Å². The van der Waals surface area contributed by atoms with Gasteiger partial charge in [0.25, 0.3) is 5.56 Å². The minimum absolute atomic E-state index is 0.00140. The van der Waals surface area contributed by atoms with Crippen LogP contribution in [0.2, 0.25) is 0 Å². The first-order chi connectivity index (χ1) is 14.5. The SMILES string of the molecule is O=C(O)c1cc2ccccc2n(C(=O)Cc2ccc(Cc3ccccc3)cc2)c1=O. The third kappa shape index (κ3) is 3.91. The number of aromatic carboxylic acids is 1. The molecule has 1 aromatic heterocycles. The number of hydrogen-bond acceptors (Lipinski definition) is 3. The number of aromatic nitrogens is 1. The van der Waals surface area contributed by atoms with Crippen LogP contribution in [0.3, 0.4) is 0 Å². The Bertz CT molecular complexity index is 1290. The number of carbonyl (C=O) groups is 2. The standard InChI is InChI=1S/C25H19NO4/c27-23(15-19-12-10-18(11-13-19)14-17-6-2-1-3-7-17)26-22-9-5-4-8-20(22)16-21(24(26)28)25(29)30/h1-13,16H,14-15H2,(H,29,30). The second-order valence-electron chi connectivity index (χ2n) is 7.11. The lowest BCUT2D eigenvalue weighted by molar-refractivity contribution is 0.0694.